The lowest BCUT2D eigenvalue weighted by molar-refractivity contribution is -0.132. The van der Waals surface area contributed by atoms with Gasteiger partial charge in [0, 0.05) is 11.4 Å². The van der Waals surface area contributed by atoms with E-state index in [2.05, 4.69) is 41.9 Å². The highest BCUT2D eigenvalue weighted by atomic mass is 32.1. The molecule has 0 aliphatic carbocycles. The Morgan fingerprint density at radius 3 is 2.92 bits per heavy atom. The summed E-state index contributed by atoms with van der Waals surface area (Å²) in [4.78, 5) is 16.4. The average Bonchev–Trinajstić information content (AvgIpc) is 3.33. The third kappa shape index (κ3) is 3.32. The van der Waals surface area contributed by atoms with Gasteiger partial charge in [0.05, 0.1) is 25.4 Å². The number of aryl methyl sites for hydroxylation is 1. The van der Waals surface area contributed by atoms with E-state index >= 15 is 0 Å². The van der Waals surface area contributed by atoms with Crippen molar-refractivity contribution in [2.24, 2.45) is 0 Å². The van der Waals surface area contributed by atoms with Gasteiger partial charge in [-0.05, 0) is 53.6 Å². The van der Waals surface area contributed by atoms with Crippen LogP contribution in [0, 0.1) is 6.92 Å². The Hall–Kier alpha value is -2.37. The molecule has 0 spiro atoms. The van der Waals surface area contributed by atoms with Crippen LogP contribution in [0.3, 0.4) is 0 Å². The van der Waals surface area contributed by atoms with Gasteiger partial charge in [-0.15, -0.1) is 11.3 Å². The highest BCUT2D eigenvalue weighted by Crippen LogP contribution is 2.38. The molecule has 1 aromatic carbocycles. The second kappa shape index (κ2) is 7.48. The average molecular weight is 366 g/mol. The molecular formula is C21H22N2O2S. The SMILES string of the molecule is Cc1ccccc1[C@@H]1c2ccsc2CCN1C(=O)CNCc1ccco1. The number of furan rings is 1. The van der Waals surface area contributed by atoms with Crippen LogP contribution in [0.2, 0.25) is 0 Å². The molecule has 1 aliphatic rings. The van der Waals surface area contributed by atoms with E-state index in [1.807, 2.05) is 23.1 Å². The molecule has 0 fully saturated rings. The summed E-state index contributed by atoms with van der Waals surface area (Å²) < 4.78 is 5.32. The van der Waals surface area contributed by atoms with Crippen LogP contribution in [0.5, 0.6) is 0 Å². The largest absolute Gasteiger partial charge is 0.468 e. The van der Waals surface area contributed by atoms with E-state index < -0.39 is 0 Å². The van der Waals surface area contributed by atoms with Crippen molar-refractivity contribution in [2.45, 2.75) is 25.9 Å². The minimum absolute atomic E-state index is 0.00381. The lowest BCUT2D eigenvalue weighted by atomic mass is 9.90. The first-order valence-corrected chi connectivity index (χ1v) is 9.76. The molecule has 0 bridgehead atoms. The molecule has 134 valence electrons. The van der Waals surface area contributed by atoms with Crippen molar-refractivity contribution in [3.8, 4) is 0 Å². The number of carbonyl (C=O) groups excluding carboxylic acids is 1. The van der Waals surface area contributed by atoms with E-state index in [4.69, 9.17) is 4.42 Å². The summed E-state index contributed by atoms with van der Waals surface area (Å²) in [6, 6.07) is 14.3. The summed E-state index contributed by atoms with van der Waals surface area (Å²) in [6.07, 6.45) is 2.58. The van der Waals surface area contributed by atoms with Gasteiger partial charge < -0.3 is 14.6 Å². The Bertz CT molecular complexity index is 885. The molecule has 1 N–H and O–H groups in total. The minimum Gasteiger partial charge on any atom is -0.468 e. The van der Waals surface area contributed by atoms with Crippen LogP contribution >= 0.6 is 11.3 Å². The molecule has 4 nitrogen and oxygen atoms in total. The lowest BCUT2D eigenvalue weighted by Crippen LogP contribution is -2.44. The first kappa shape index (κ1) is 17.1. The fraction of sp³-hybridized carbons (Fsp3) is 0.286. The van der Waals surface area contributed by atoms with Gasteiger partial charge >= 0.3 is 0 Å². The Morgan fingerprint density at radius 2 is 2.12 bits per heavy atom. The normalized spacial score (nSPS) is 16.5. The van der Waals surface area contributed by atoms with Crippen LogP contribution in [-0.2, 0) is 17.8 Å². The third-order valence-corrected chi connectivity index (χ3v) is 5.92. The van der Waals surface area contributed by atoms with Crippen molar-refractivity contribution >= 4 is 17.2 Å². The van der Waals surface area contributed by atoms with Crippen LogP contribution in [0.15, 0.2) is 58.5 Å². The quantitative estimate of drug-likeness (QED) is 0.745. The molecule has 0 saturated heterocycles. The fourth-order valence-electron chi connectivity index (χ4n) is 3.62. The first-order valence-electron chi connectivity index (χ1n) is 8.88. The molecule has 0 unspecified atom stereocenters. The fourth-order valence-corrected chi connectivity index (χ4v) is 4.53. The van der Waals surface area contributed by atoms with Crippen LogP contribution in [0.25, 0.3) is 0 Å². The monoisotopic (exact) mass is 366 g/mol. The lowest BCUT2D eigenvalue weighted by Gasteiger charge is -2.37. The number of carbonyl (C=O) groups is 1. The molecular weight excluding hydrogens is 344 g/mol. The predicted molar refractivity (Wildman–Crippen MR) is 103 cm³/mol. The number of nitrogens with zero attached hydrogens (tertiary/aromatic N) is 1. The minimum atomic E-state index is 0.00381. The first-order chi connectivity index (χ1) is 12.7. The maximum Gasteiger partial charge on any atom is 0.237 e. The second-order valence-corrected chi connectivity index (χ2v) is 7.58. The summed E-state index contributed by atoms with van der Waals surface area (Å²) in [7, 11) is 0. The van der Waals surface area contributed by atoms with Crippen molar-refractivity contribution in [2.75, 3.05) is 13.1 Å². The number of amides is 1. The van der Waals surface area contributed by atoms with Gasteiger partial charge in [0.1, 0.15) is 5.76 Å². The number of fused-ring (bicyclic) bond motifs is 1. The zero-order valence-corrected chi connectivity index (χ0v) is 15.6. The van der Waals surface area contributed by atoms with Gasteiger partial charge in [0.2, 0.25) is 5.91 Å². The highest BCUT2D eigenvalue weighted by Gasteiger charge is 2.33. The maximum absolute atomic E-state index is 13.0. The molecule has 3 aromatic rings. The zero-order chi connectivity index (χ0) is 17.9. The summed E-state index contributed by atoms with van der Waals surface area (Å²) >= 11 is 1.79. The van der Waals surface area contributed by atoms with E-state index in [0.717, 1.165) is 18.7 Å². The molecule has 0 radical (unpaired) electrons. The van der Waals surface area contributed by atoms with Gasteiger partial charge in [-0.2, -0.15) is 0 Å². The molecule has 26 heavy (non-hydrogen) atoms. The Labute approximate surface area is 157 Å². The number of benzene rings is 1. The smallest absolute Gasteiger partial charge is 0.237 e. The van der Waals surface area contributed by atoms with E-state index in [0.29, 0.717) is 13.1 Å². The number of thiophene rings is 1. The Balaban J connectivity index is 1.56. The summed E-state index contributed by atoms with van der Waals surface area (Å²) in [6.45, 7) is 3.75. The number of nitrogens with one attached hydrogen (secondary N) is 1. The van der Waals surface area contributed by atoms with Crippen molar-refractivity contribution in [3.05, 3.63) is 81.4 Å². The van der Waals surface area contributed by atoms with Crippen molar-refractivity contribution in [1.29, 1.82) is 0 Å². The van der Waals surface area contributed by atoms with E-state index in [9.17, 15) is 4.79 Å². The zero-order valence-electron chi connectivity index (χ0n) is 14.8. The predicted octanol–water partition coefficient (Wildman–Crippen LogP) is 3.91. The van der Waals surface area contributed by atoms with Crippen molar-refractivity contribution in [3.63, 3.8) is 0 Å². The van der Waals surface area contributed by atoms with Gasteiger partial charge in [-0.3, -0.25) is 4.79 Å². The second-order valence-electron chi connectivity index (χ2n) is 6.58. The topological polar surface area (TPSA) is 45.5 Å². The van der Waals surface area contributed by atoms with Gasteiger partial charge in [-0.1, -0.05) is 24.3 Å². The molecule has 1 atom stereocenters. The Morgan fingerprint density at radius 1 is 1.23 bits per heavy atom. The Kier molecular flexibility index (Phi) is 4.91. The van der Waals surface area contributed by atoms with Crippen LogP contribution in [0.4, 0.5) is 0 Å². The van der Waals surface area contributed by atoms with Crippen molar-refractivity contribution in [1.82, 2.24) is 10.2 Å². The van der Waals surface area contributed by atoms with E-state index in [1.54, 1.807) is 17.6 Å². The van der Waals surface area contributed by atoms with Crippen LogP contribution in [0.1, 0.15) is 33.4 Å². The number of hydrogen-bond acceptors (Lipinski definition) is 4. The number of rotatable bonds is 5. The van der Waals surface area contributed by atoms with Gasteiger partial charge in [0.15, 0.2) is 0 Å². The molecule has 4 rings (SSSR count). The van der Waals surface area contributed by atoms with E-state index in [1.165, 1.54) is 21.6 Å². The van der Waals surface area contributed by atoms with Gasteiger partial charge in [0.25, 0.3) is 0 Å². The summed E-state index contributed by atoms with van der Waals surface area (Å²) in [5, 5.41) is 5.34. The molecule has 1 amide bonds. The molecule has 0 saturated carbocycles. The third-order valence-electron chi connectivity index (χ3n) is 4.92. The van der Waals surface area contributed by atoms with Crippen molar-refractivity contribution < 1.29 is 9.21 Å². The molecule has 3 heterocycles. The maximum atomic E-state index is 13.0. The highest BCUT2D eigenvalue weighted by molar-refractivity contribution is 7.10. The van der Waals surface area contributed by atoms with E-state index in [-0.39, 0.29) is 11.9 Å². The standard InChI is InChI=1S/C21H22N2O2S/c1-15-5-2-3-7-17(15)21-18-9-12-26-19(18)8-10-23(21)20(24)14-22-13-16-6-4-11-25-16/h2-7,9,11-12,21-22H,8,10,13-14H2,1H3/t21-/m1/s1. The summed E-state index contributed by atoms with van der Waals surface area (Å²) in [5.74, 6) is 0.966. The van der Waals surface area contributed by atoms with Crippen LogP contribution < -0.4 is 5.32 Å². The molecule has 1 aliphatic heterocycles. The molecule has 5 heteroatoms. The molecule has 2 aromatic heterocycles. The number of hydrogen-bond donors (Lipinski definition) is 1. The summed E-state index contributed by atoms with van der Waals surface area (Å²) in [5.41, 5.74) is 3.71. The van der Waals surface area contributed by atoms with Gasteiger partial charge in [-0.25, -0.2) is 0 Å². The van der Waals surface area contributed by atoms with Crippen LogP contribution in [-0.4, -0.2) is 23.9 Å².